The van der Waals surface area contributed by atoms with Crippen LogP contribution >= 0.6 is 0 Å². The van der Waals surface area contributed by atoms with Gasteiger partial charge in [-0.15, -0.1) is 0 Å². The Bertz CT molecular complexity index is 1290. The molecule has 1 heterocycles. The lowest BCUT2D eigenvalue weighted by Crippen LogP contribution is -2.63. The molecule has 3 rings (SSSR count). The maximum absolute atomic E-state index is 15.2. The first-order chi connectivity index (χ1) is 17.1. The average Bonchev–Trinajstić information content (AvgIpc) is 2.78. The van der Waals surface area contributed by atoms with Gasteiger partial charge >= 0.3 is 0 Å². The van der Waals surface area contributed by atoms with Crippen molar-refractivity contribution in [3.63, 3.8) is 0 Å². The van der Waals surface area contributed by atoms with Gasteiger partial charge in [0.25, 0.3) is 6.71 Å². The zero-order valence-corrected chi connectivity index (χ0v) is 24.9. The van der Waals surface area contributed by atoms with Crippen LogP contribution in [0.3, 0.4) is 0 Å². The van der Waals surface area contributed by atoms with E-state index in [1.165, 1.54) is 0 Å². The summed E-state index contributed by atoms with van der Waals surface area (Å²) >= 11 is 0. The van der Waals surface area contributed by atoms with E-state index in [9.17, 15) is 26.3 Å². The molecule has 1 aliphatic rings. The van der Waals surface area contributed by atoms with Crippen LogP contribution in [-0.4, -0.2) is 30.9 Å². The monoisotopic (exact) mass is 598 g/mol. The molecular formula is C24H25BF10Si3. The molecule has 0 radical (unpaired) electrons. The minimum Gasteiger partial charge on any atom is -0.204 e. The molecule has 0 nitrogen and oxygen atoms in total. The highest BCUT2D eigenvalue weighted by molar-refractivity contribution is 7.16. The van der Waals surface area contributed by atoms with Crippen LogP contribution in [0, 0.1) is 58.2 Å². The lowest BCUT2D eigenvalue weighted by molar-refractivity contribution is 0.382. The smallest absolute Gasteiger partial charge is 0.204 e. The molecule has 0 spiro atoms. The fourth-order valence-corrected chi connectivity index (χ4v) is 20.3. The Morgan fingerprint density at radius 3 is 1.08 bits per heavy atom. The molecule has 0 unspecified atom stereocenters. The fourth-order valence-electron chi connectivity index (χ4n) is 5.40. The first-order valence-corrected chi connectivity index (χ1v) is 21.7. The zero-order chi connectivity index (χ0) is 29.4. The summed E-state index contributed by atoms with van der Waals surface area (Å²) < 4.78 is 146. The van der Waals surface area contributed by atoms with Gasteiger partial charge in [0.15, 0.2) is 58.2 Å². The lowest BCUT2D eigenvalue weighted by atomic mass is 9.35. The van der Waals surface area contributed by atoms with Gasteiger partial charge in [-0.25, -0.2) is 43.9 Å². The molecule has 0 saturated heterocycles. The molecule has 0 amide bonds. The van der Waals surface area contributed by atoms with Crippen molar-refractivity contribution < 1.29 is 43.9 Å². The van der Waals surface area contributed by atoms with Gasteiger partial charge in [0.2, 0.25) is 0 Å². The van der Waals surface area contributed by atoms with Crippen LogP contribution in [0.1, 0.15) is 0 Å². The number of benzene rings is 2. The Labute approximate surface area is 217 Å². The molecule has 206 valence electrons. The van der Waals surface area contributed by atoms with Crippen LogP contribution in [0.2, 0.25) is 52.4 Å². The van der Waals surface area contributed by atoms with E-state index >= 15 is 17.6 Å². The van der Waals surface area contributed by atoms with Gasteiger partial charge in [-0.1, -0.05) is 73.6 Å². The normalized spacial score (nSPS) is 16.8. The van der Waals surface area contributed by atoms with Crippen LogP contribution in [0.15, 0.2) is 21.2 Å². The molecule has 38 heavy (non-hydrogen) atoms. The molecule has 0 bridgehead atoms. The molecule has 2 aromatic carbocycles. The number of halogens is 10. The van der Waals surface area contributed by atoms with E-state index in [-0.39, 0.29) is 5.47 Å². The highest BCUT2D eigenvalue weighted by Gasteiger charge is 2.55. The van der Waals surface area contributed by atoms with E-state index in [0.717, 1.165) is 0 Å². The standard InChI is InChI=1S/C24H25BF10Si3/c1-36(2,3)9-10-11(24(37(4,5)6)38(10,7)8)25(12-14(26)18(30)22(34)19(31)15(12)27)13-16(28)20(32)23(35)21(33)17(13)29/h9H,1-8H3/b10-9-. The van der Waals surface area contributed by atoms with Crippen LogP contribution in [0.25, 0.3) is 0 Å². The van der Waals surface area contributed by atoms with E-state index in [1.54, 1.807) is 5.70 Å². The topological polar surface area (TPSA) is 0 Å². The largest absolute Gasteiger partial charge is 0.256 e. The van der Waals surface area contributed by atoms with Gasteiger partial charge in [-0.05, 0) is 0 Å². The molecular weight excluding hydrogens is 573 g/mol. The van der Waals surface area contributed by atoms with Crippen molar-refractivity contribution in [2.24, 2.45) is 0 Å². The summed E-state index contributed by atoms with van der Waals surface area (Å²) in [6.45, 7) is 12.4. The Kier molecular flexibility index (Phi) is 7.65. The number of hydrogen-bond acceptors (Lipinski definition) is 0. The summed E-state index contributed by atoms with van der Waals surface area (Å²) in [5.74, 6) is -24.2. The summed E-state index contributed by atoms with van der Waals surface area (Å²) in [4.78, 5) is 0.576. The van der Waals surface area contributed by atoms with Crippen molar-refractivity contribution in [1.29, 1.82) is 0 Å². The average molecular weight is 599 g/mol. The second-order valence-electron chi connectivity index (χ2n) is 12.0. The van der Waals surface area contributed by atoms with Crippen molar-refractivity contribution in [2.45, 2.75) is 52.4 Å². The van der Waals surface area contributed by atoms with E-state index in [2.05, 4.69) is 0 Å². The number of hydrogen-bond donors (Lipinski definition) is 0. The Morgan fingerprint density at radius 1 is 0.526 bits per heavy atom. The molecule has 1 aliphatic heterocycles. The van der Waals surface area contributed by atoms with Crippen LogP contribution < -0.4 is 10.9 Å². The third kappa shape index (κ3) is 4.65. The van der Waals surface area contributed by atoms with Gasteiger partial charge in [-0.3, -0.25) is 0 Å². The van der Waals surface area contributed by atoms with Crippen molar-refractivity contribution in [3.05, 3.63) is 79.4 Å². The quantitative estimate of drug-likeness (QED) is 0.151. The Morgan fingerprint density at radius 2 is 0.816 bits per heavy atom. The predicted molar refractivity (Wildman–Crippen MR) is 137 cm³/mol. The van der Waals surface area contributed by atoms with Gasteiger partial charge in [0, 0.05) is 10.9 Å². The van der Waals surface area contributed by atoms with Crippen molar-refractivity contribution in [2.75, 3.05) is 0 Å². The third-order valence-electron chi connectivity index (χ3n) is 6.54. The Balaban J connectivity index is 2.70. The van der Waals surface area contributed by atoms with Gasteiger partial charge < -0.3 is 0 Å². The molecule has 0 N–H and O–H groups in total. The third-order valence-corrected chi connectivity index (χ3v) is 17.2. The lowest BCUT2D eigenvalue weighted by Gasteiger charge is -2.51. The van der Waals surface area contributed by atoms with Crippen molar-refractivity contribution in [3.8, 4) is 0 Å². The maximum atomic E-state index is 15.2. The number of rotatable bonds is 5. The van der Waals surface area contributed by atoms with Gasteiger partial charge in [0.1, 0.15) is 8.07 Å². The van der Waals surface area contributed by atoms with Crippen molar-refractivity contribution in [1.82, 2.24) is 0 Å². The van der Waals surface area contributed by atoms with E-state index in [0.29, 0.717) is 10.0 Å². The summed E-state index contributed by atoms with van der Waals surface area (Å²) in [5.41, 5.74) is -1.67. The SMILES string of the molecule is C[Si](C)(C)/C=C1/C(B(c2c(F)c(F)c(F)c(F)c2F)c2c(F)c(F)c(F)c(F)c2F)=C([Si](C)(C)C)[Si]1(C)C. The minimum atomic E-state index is -2.67. The van der Waals surface area contributed by atoms with E-state index < -0.39 is 100 Å². The number of allylic oxidation sites excluding steroid dienone is 2. The predicted octanol–water partition coefficient (Wildman–Crippen LogP) is 7.00. The molecule has 0 aromatic heterocycles. The highest BCUT2D eigenvalue weighted by atomic mass is 28.4. The second kappa shape index (κ2) is 9.54. The van der Waals surface area contributed by atoms with Crippen molar-refractivity contribution >= 4 is 41.9 Å². The molecule has 0 fully saturated rings. The molecule has 0 atom stereocenters. The molecule has 0 saturated carbocycles. The zero-order valence-electron chi connectivity index (χ0n) is 21.9. The summed E-state index contributed by atoms with van der Waals surface area (Å²) in [7, 11) is -7.44. The molecule has 0 aliphatic carbocycles. The van der Waals surface area contributed by atoms with Crippen LogP contribution in [0.5, 0.6) is 0 Å². The van der Waals surface area contributed by atoms with E-state index in [1.807, 2.05) is 52.4 Å². The van der Waals surface area contributed by atoms with Crippen LogP contribution in [-0.2, 0) is 0 Å². The maximum Gasteiger partial charge on any atom is 0.256 e. The van der Waals surface area contributed by atoms with Crippen LogP contribution in [0.4, 0.5) is 43.9 Å². The summed E-state index contributed by atoms with van der Waals surface area (Å²) in [6, 6.07) is 0. The minimum absolute atomic E-state index is 0.130. The van der Waals surface area contributed by atoms with Gasteiger partial charge in [0.05, 0.1) is 16.1 Å². The Hall–Kier alpha value is -2.06. The summed E-state index contributed by atoms with van der Waals surface area (Å²) in [6.07, 6.45) is 0. The summed E-state index contributed by atoms with van der Waals surface area (Å²) in [5, 5.41) is 0.437. The fraction of sp³-hybridized carbons (Fsp3) is 0.333. The first kappa shape index (κ1) is 30.5. The highest BCUT2D eigenvalue weighted by Crippen LogP contribution is 2.48. The van der Waals surface area contributed by atoms with Gasteiger partial charge in [-0.2, -0.15) is 0 Å². The first-order valence-electron chi connectivity index (χ1n) is 11.6. The molecule has 2 aromatic rings. The van der Waals surface area contributed by atoms with E-state index in [4.69, 9.17) is 0 Å². The molecule has 14 heteroatoms. The second-order valence-corrected chi connectivity index (χ2v) is 26.8.